The van der Waals surface area contributed by atoms with Crippen LogP contribution in [0.2, 0.25) is 0 Å². The SMILES string of the molecule is CC(=O)/C=C(/C)[O-].CC(=O)/C=C(/C)[O-].CC(=O)/C=C(/C)[O-].CC(=O)/C=C(/C)[O-].CC(=O)/C=C(/C)[O-].CC(=O)/C=C(/C)[O-].CC(=O)/C=C(/C)[O-].CC(=O)/C=C(/C)[O-].[Ru+3].[Ru+3].[Ru+3].[Ru+3].c1c[n-]c(-c2ncc[n-]2)n1.c1c[n-]c(-c2ncc[nH]2)n1.c1c[n-]c(-c2ncc[nH]2)n1.c1c[nH]c(-c2ncc[nH]2)n1. The van der Waals surface area contributed by atoms with E-state index in [0.29, 0.717) is 34.9 Å². The molecule has 8 rings (SSSR count). The predicted molar refractivity (Wildman–Crippen MR) is 336 cm³/mol. The second-order valence-corrected chi connectivity index (χ2v) is 18.2. The average Bonchev–Trinajstić information content (AvgIpc) is 1.79. The van der Waals surface area contributed by atoms with Crippen LogP contribution in [0.3, 0.4) is 0 Å². The zero-order valence-corrected chi connectivity index (χ0v) is 64.1. The molecule has 0 saturated carbocycles. The molecule has 32 nitrogen and oxygen atoms in total. The standard InChI is InChI=1S/C6H6N4.2C6H5N4.C6H4N4.8C5H8O2.4Ru/c4*1-2-8-5(7-1)6-9-3-4-10-6;8*1-4(6)3-5(2)7;;;;/h1-4H,(H,7,8)(H,9,10);2*1-4H,(H-,7,8,9,10);1-4H;8*3,6H,1-2H3;;;;/q;2*-1;-2;;;;;;;;;4*+3/p-8/b;;;;8*4-3-;;;;. The summed E-state index contributed by atoms with van der Waals surface area (Å²) in [5.41, 5.74) is 0. The summed E-state index contributed by atoms with van der Waals surface area (Å²) in [6, 6.07) is 0. The fourth-order valence-corrected chi connectivity index (χ4v) is 5.29. The summed E-state index contributed by atoms with van der Waals surface area (Å²) in [6.45, 7) is 21.6. The van der Waals surface area contributed by atoms with Gasteiger partial charge >= 0.3 is 77.9 Å². The maximum atomic E-state index is 9.98. The van der Waals surface area contributed by atoms with Crippen molar-refractivity contribution < 1.29 is 157 Å². The molecule has 0 fully saturated rings. The number of allylic oxidation sites excluding steroid dienone is 16. The molecule has 0 aliphatic rings. The van der Waals surface area contributed by atoms with Crippen LogP contribution >= 0.6 is 0 Å². The Morgan fingerprint density at radius 2 is 0.400 bits per heavy atom. The molecular formula is C64H76N16O16Ru4. The summed E-state index contributed by atoms with van der Waals surface area (Å²) in [7, 11) is 0. The minimum absolute atomic E-state index is 0. The Kier molecular flexibility index (Phi) is 70.0. The Balaban J connectivity index is -0.000000154. The van der Waals surface area contributed by atoms with Crippen molar-refractivity contribution >= 4 is 46.3 Å². The van der Waals surface area contributed by atoms with Crippen LogP contribution in [0.1, 0.15) is 111 Å². The van der Waals surface area contributed by atoms with Crippen LogP contribution in [0.5, 0.6) is 0 Å². The normalized spacial score (nSPS) is 10.4. The van der Waals surface area contributed by atoms with Crippen LogP contribution in [0.25, 0.3) is 46.6 Å². The Hall–Kier alpha value is -10.1. The van der Waals surface area contributed by atoms with E-state index in [-0.39, 0.29) is 170 Å². The van der Waals surface area contributed by atoms with Gasteiger partial charge in [-0.05, 0) is 116 Å². The first-order valence-corrected chi connectivity index (χ1v) is 27.5. The van der Waals surface area contributed by atoms with Gasteiger partial charge in [0.1, 0.15) is 11.6 Å². The third-order valence-corrected chi connectivity index (χ3v) is 7.93. The molecule has 0 amide bonds. The van der Waals surface area contributed by atoms with Gasteiger partial charge in [-0.3, -0.25) is 38.4 Å². The quantitative estimate of drug-likeness (QED) is 0.0731. The van der Waals surface area contributed by atoms with Gasteiger partial charge in [0.25, 0.3) is 0 Å². The zero-order valence-electron chi connectivity index (χ0n) is 57.2. The van der Waals surface area contributed by atoms with Gasteiger partial charge in [0.05, 0.1) is 0 Å². The van der Waals surface area contributed by atoms with Crippen molar-refractivity contribution in [2.24, 2.45) is 0 Å². The second-order valence-electron chi connectivity index (χ2n) is 18.2. The molecule has 0 saturated heterocycles. The largest absolute Gasteiger partial charge is 3.00 e. The van der Waals surface area contributed by atoms with Crippen molar-refractivity contribution in [3.63, 3.8) is 0 Å². The number of nitrogens with one attached hydrogen (secondary N) is 4. The van der Waals surface area contributed by atoms with Gasteiger partial charge in [-0.15, -0.1) is 46.1 Å². The first kappa shape index (κ1) is 106. The third kappa shape index (κ3) is 75.2. The van der Waals surface area contributed by atoms with E-state index in [0.717, 1.165) is 60.3 Å². The number of carbonyl (C=O) groups excluding carboxylic acids is 8. The minimum atomic E-state index is -0.187. The van der Waals surface area contributed by atoms with Crippen LogP contribution in [0.15, 0.2) is 194 Å². The number of hydrogen-bond donors (Lipinski definition) is 4. The molecule has 4 radical (unpaired) electrons. The van der Waals surface area contributed by atoms with Crippen LogP contribution in [-0.2, 0) is 116 Å². The molecule has 4 N–H and O–H groups in total. The number of nitrogens with zero attached hydrogens (tertiary/aromatic N) is 12. The Labute approximate surface area is 630 Å². The summed E-state index contributed by atoms with van der Waals surface area (Å²) in [6.07, 6.45) is 35.2. The summed E-state index contributed by atoms with van der Waals surface area (Å²) in [4.78, 5) is 139. The van der Waals surface area contributed by atoms with E-state index >= 15 is 0 Å². The minimum Gasteiger partial charge on any atom is -0.876 e. The number of ketones is 8. The molecule has 36 heteroatoms. The average molecular weight is 1730 g/mol. The molecule has 0 spiro atoms. The maximum Gasteiger partial charge on any atom is 3.00 e. The van der Waals surface area contributed by atoms with Crippen LogP contribution < -0.4 is 60.8 Å². The molecule has 0 aliphatic heterocycles. The van der Waals surface area contributed by atoms with Crippen molar-refractivity contribution in [2.75, 3.05) is 0 Å². The Morgan fingerprint density at radius 3 is 0.500 bits per heavy atom. The van der Waals surface area contributed by atoms with E-state index in [1.165, 1.54) is 111 Å². The molecule has 0 unspecified atom stereocenters. The fourth-order valence-electron chi connectivity index (χ4n) is 5.29. The number of hydrogen-bond acceptors (Lipinski definition) is 24. The molecule has 540 valence electrons. The smallest absolute Gasteiger partial charge is 0.876 e. The van der Waals surface area contributed by atoms with Crippen LogP contribution in [0.4, 0.5) is 0 Å². The summed E-state index contributed by atoms with van der Waals surface area (Å²) in [5, 5.41) is 79.8. The van der Waals surface area contributed by atoms with Gasteiger partial charge in [-0.1, -0.05) is 117 Å². The topological polar surface area (TPSA) is 544 Å². The first-order valence-electron chi connectivity index (χ1n) is 27.5. The Bertz CT molecular complexity index is 2920. The zero-order chi connectivity index (χ0) is 74.1. The van der Waals surface area contributed by atoms with Gasteiger partial charge < -0.3 is 101 Å². The summed E-state index contributed by atoms with van der Waals surface area (Å²) >= 11 is 0. The number of aromatic amines is 4. The second kappa shape index (κ2) is 66.1. The van der Waals surface area contributed by atoms with E-state index < -0.39 is 0 Å². The van der Waals surface area contributed by atoms with Gasteiger partial charge in [0.2, 0.25) is 0 Å². The summed E-state index contributed by atoms with van der Waals surface area (Å²) < 4.78 is 0. The number of H-pyrrole nitrogens is 4. The molecule has 0 aliphatic carbocycles. The van der Waals surface area contributed by atoms with Crippen molar-refractivity contribution in [2.45, 2.75) is 111 Å². The van der Waals surface area contributed by atoms with Crippen molar-refractivity contribution in [1.82, 2.24) is 79.7 Å². The van der Waals surface area contributed by atoms with Crippen LogP contribution in [-0.4, -0.2) is 106 Å². The van der Waals surface area contributed by atoms with Crippen molar-refractivity contribution in [3.05, 3.63) is 194 Å². The number of rotatable bonds is 12. The van der Waals surface area contributed by atoms with Crippen molar-refractivity contribution in [1.29, 1.82) is 0 Å². The molecule has 0 aromatic carbocycles. The molecule has 0 bridgehead atoms. The molecule has 8 aromatic rings. The molecule has 0 atom stereocenters. The first-order chi connectivity index (χ1) is 44.9. The van der Waals surface area contributed by atoms with E-state index in [9.17, 15) is 79.2 Å². The number of aromatic nitrogens is 16. The van der Waals surface area contributed by atoms with Crippen LogP contribution in [0, 0.1) is 0 Å². The fraction of sp³-hybridized carbons (Fsp3) is 0.250. The van der Waals surface area contributed by atoms with Gasteiger partial charge in [-0.2, -0.15) is 0 Å². The molecule has 100 heavy (non-hydrogen) atoms. The molecule has 8 heterocycles. The Morgan fingerprint density at radius 1 is 0.250 bits per heavy atom. The van der Waals surface area contributed by atoms with E-state index in [2.05, 4.69) is 79.7 Å². The predicted octanol–water partition coefficient (Wildman–Crippen LogP) is 0.422. The van der Waals surface area contributed by atoms with Gasteiger partial charge in [0, 0.05) is 49.6 Å². The number of carbonyl (C=O) groups is 8. The molecule has 8 aromatic heterocycles. The van der Waals surface area contributed by atoms with Gasteiger partial charge in [-0.25, -0.2) is 19.9 Å². The molecular weight excluding hydrogens is 1650 g/mol. The third-order valence-electron chi connectivity index (χ3n) is 7.93. The van der Waals surface area contributed by atoms with E-state index in [1.807, 2.05) is 0 Å². The van der Waals surface area contributed by atoms with Gasteiger partial charge in [0.15, 0.2) is 57.9 Å². The summed E-state index contributed by atoms with van der Waals surface area (Å²) in [5.74, 6) is 2.43. The maximum absolute atomic E-state index is 9.98. The van der Waals surface area contributed by atoms with Crippen molar-refractivity contribution in [3.8, 4) is 46.6 Å². The van der Waals surface area contributed by atoms with E-state index in [4.69, 9.17) is 0 Å². The van der Waals surface area contributed by atoms with E-state index in [1.54, 1.807) is 99.1 Å². The number of imidazole rings is 8. The monoisotopic (exact) mass is 1730 g/mol.